The average molecular weight is 275 g/mol. The summed E-state index contributed by atoms with van der Waals surface area (Å²) in [5.74, 6) is -0.801. The van der Waals surface area contributed by atoms with Gasteiger partial charge < -0.3 is 4.90 Å². The number of likely N-dealkylation sites (N-methyl/N-ethyl adjacent to an activating group) is 1. The van der Waals surface area contributed by atoms with Crippen molar-refractivity contribution in [3.05, 3.63) is 30.1 Å². The summed E-state index contributed by atoms with van der Waals surface area (Å²) in [6.07, 6.45) is 3.85. The van der Waals surface area contributed by atoms with Crippen molar-refractivity contribution in [3.63, 3.8) is 0 Å². The first-order valence-electron chi connectivity index (χ1n) is 6.57. The molecular formula is C14H17N3O3. The zero-order valence-electron chi connectivity index (χ0n) is 11.6. The van der Waals surface area contributed by atoms with Crippen molar-refractivity contribution in [2.45, 2.75) is 25.8 Å². The van der Waals surface area contributed by atoms with E-state index < -0.39 is 6.04 Å². The summed E-state index contributed by atoms with van der Waals surface area (Å²) in [5.41, 5.74) is 0.475. The summed E-state index contributed by atoms with van der Waals surface area (Å²) in [5, 5.41) is 0. The topological polar surface area (TPSA) is 70.6 Å². The SMILES string of the molecule is CCCN(C(=O)c1ccncc1)[C@H]1CC(=O)N(C)C1=O. The Kier molecular flexibility index (Phi) is 4.12. The molecule has 0 bridgehead atoms. The molecule has 0 saturated carbocycles. The van der Waals surface area contributed by atoms with E-state index in [0.29, 0.717) is 12.1 Å². The van der Waals surface area contributed by atoms with Crippen molar-refractivity contribution >= 4 is 17.7 Å². The van der Waals surface area contributed by atoms with Crippen LogP contribution >= 0.6 is 0 Å². The number of hydrogen-bond donors (Lipinski definition) is 0. The molecule has 0 aliphatic carbocycles. The van der Waals surface area contributed by atoms with E-state index in [9.17, 15) is 14.4 Å². The van der Waals surface area contributed by atoms with Crippen LogP contribution in [-0.2, 0) is 9.59 Å². The molecule has 1 aromatic heterocycles. The molecule has 3 amide bonds. The summed E-state index contributed by atoms with van der Waals surface area (Å²) in [6, 6.07) is 2.53. The standard InChI is InChI=1S/C14H17N3O3/c1-3-8-17(11-9-12(18)16(2)14(11)20)13(19)10-4-6-15-7-5-10/h4-7,11H,3,8-9H2,1-2H3/t11-/m0/s1. The molecule has 2 rings (SSSR count). The van der Waals surface area contributed by atoms with Gasteiger partial charge >= 0.3 is 0 Å². The average Bonchev–Trinajstić information content (AvgIpc) is 2.72. The molecule has 1 saturated heterocycles. The number of imide groups is 1. The summed E-state index contributed by atoms with van der Waals surface area (Å²) >= 11 is 0. The zero-order chi connectivity index (χ0) is 14.7. The van der Waals surface area contributed by atoms with Gasteiger partial charge in [-0.25, -0.2) is 0 Å². The molecule has 2 heterocycles. The lowest BCUT2D eigenvalue weighted by Crippen LogP contribution is -2.45. The van der Waals surface area contributed by atoms with Crippen molar-refractivity contribution in [2.75, 3.05) is 13.6 Å². The maximum absolute atomic E-state index is 12.5. The van der Waals surface area contributed by atoms with E-state index in [1.807, 2.05) is 6.92 Å². The summed E-state index contributed by atoms with van der Waals surface area (Å²) in [6.45, 7) is 2.37. The van der Waals surface area contributed by atoms with Gasteiger partial charge in [0.15, 0.2) is 0 Å². The van der Waals surface area contributed by atoms with Gasteiger partial charge in [-0.05, 0) is 18.6 Å². The fourth-order valence-electron chi connectivity index (χ4n) is 2.28. The van der Waals surface area contributed by atoms with Crippen LogP contribution in [0.2, 0.25) is 0 Å². The predicted octanol–water partition coefficient (Wildman–Crippen LogP) is 0.691. The van der Waals surface area contributed by atoms with Gasteiger partial charge in [0.05, 0.1) is 6.42 Å². The number of amides is 3. The van der Waals surface area contributed by atoms with Crippen molar-refractivity contribution < 1.29 is 14.4 Å². The summed E-state index contributed by atoms with van der Waals surface area (Å²) in [4.78, 5) is 42.6. The summed E-state index contributed by atoms with van der Waals surface area (Å²) in [7, 11) is 1.45. The zero-order valence-corrected chi connectivity index (χ0v) is 11.6. The van der Waals surface area contributed by atoms with Gasteiger partial charge in [0.1, 0.15) is 6.04 Å². The maximum atomic E-state index is 12.5. The van der Waals surface area contributed by atoms with Gasteiger partial charge in [-0.2, -0.15) is 0 Å². The molecule has 1 aliphatic heterocycles. The fourth-order valence-corrected chi connectivity index (χ4v) is 2.28. The van der Waals surface area contributed by atoms with E-state index in [1.54, 1.807) is 12.1 Å². The minimum absolute atomic E-state index is 0.0617. The normalized spacial score (nSPS) is 18.5. The third-order valence-electron chi connectivity index (χ3n) is 3.39. The van der Waals surface area contributed by atoms with Gasteiger partial charge in [-0.1, -0.05) is 6.92 Å². The van der Waals surface area contributed by atoms with Crippen LogP contribution in [0.4, 0.5) is 0 Å². The van der Waals surface area contributed by atoms with Gasteiger partial charge in [0.25, 0.3) is 11.8 Å². The van der Waals surface area contributed by atoms with E-state index in [-0.39, 0.29) is 24.1 Å². The maximum Gasteiger partial charge on any atom is 0.254 e. The van der Waals surface area contributed by atoms with E-state index in [1.165, 1.54) is 24.3 Å². The van der Waals surface area contributed by atoms with Crippen LogP contribution in [0.25, 0.3) is 0 Å². The number of nitrogens with zero attached hydrogens (tertiary/aromatic N) is 3. The number of hydrogen-bond acceptors (Lipinski definition) is 4. The Balaban J connectivity index is 2.26. The highest BCUT2D eigenvalue weighted by molar-refractivity contribution is 6.07. The van der Waals surface area contributed by atoms with Gasteiger partial charge in [-0.15, -0.1) is 0 Å². The number of likely N-dealkylation sites (tertiary alicyclic amines) is 1. The van der Waals surface area contributed by atoms with Crippen LogP contribution in [0.15, 0.2) is 24.5 Å². The number of aromatic nitrogens is 1. The Morgan fingerprint density at radius 3 is 2.55 bits per heavy atom. The van der Waals surface area contributed by atoms with Crippen LogP contribution in [0, 0.1) is 0 Å². The van der Waals surface area contributed by atoms with Gasteiger partial charge in [0, 0.05) is 31.5 Å². The lowest BCUT2D eigenvalue weighted by molar-refractivity contribution is -0.137. The lowest BCUT2D eigenvalue weighted by atomic mass is 10.1. The van der Waals surface area contributed by atoms with E-state index in [4.69, 9.17) is 0 Å². The molecule has 20 heavy (non-hydrogen) atoms. The second-order valence-corrected chi connectivity index (χ2v) is 4.75. The van der Waals surface area contributed by atoms with Gasteiger partial charge in [0.2, 0.25) is 5.91 Å². The third kappa shape index (κ3) is 2.54. The molecule has 6 nitrogen and oxygen atoms in total. The van der Waals surface area contributed by atoms with Crippen LogP contribution in [0.3, 0.4) is 0 Å². The molecular weight excluding hydrogens is 258 g/mol. The van der Waals surface area contributed by atoms with Crippen LogP contribution in [0.5, 0.6) is 0 Å². The molecule has 0 aromatic carbocycles. The van der Waals surface area contributed by atoms with Crippen LogP contribution < -0.4 is 0 Å². The van der Waals surface area contributed by atoms with Crippen LogP contribution in [-0.4, -0.2) is 52.1 Å². The Labute approximate surface area is 117 Å². The molecule has 1 fully saturated rings. The highest BCUT2D eigenvalue weighted by Gasteiger charge is 2.41. The molecule has 0 radical (unpaired) electrons. The Bertz CT molecular complexity index is 530. The van der Waals surface area contributed by atoms with Crippen molar-refractivity contribution in [1.29, 1.82) is 0 Å². The molecule has 0 N–H and O–H groups in total. The first-order valence-corrected chi connectivity index (χ1v) is 6.57. The Morgan fingerprint density at radius 2 is 2.05 bits per heavy atom. The second-order valence-electron chi connectivity index (χ2n) is 4.75. The Hall–Kier alpha value is -2.24. The van der Waals surface area contributed by atoms with E-state index >= 15 is 0 Å². The van der Waals surface area contributed by atoms with Crippen molar-refractivity contribution in [2.24, 2.45) is 0 Å². The molecule has 1 aromatic rings. The highest BCUT2D eigenvalue weighted by Crippen LogP contribution is 2.19. The van der Waals surface area contributed by atoms with E-state index in [2.05, 4.69) is 4.98 Å². The van der Waals surface area contributed by atoms with Crippen molar-refractivity contribution in [3.8, 4) is 0 Å². The first-order chi connectivity index (χ1) is 9.56. The fraction of sp³-hybridized carbons (Fsp3) is 0.429. The minimum atomic E-state index is -0.687. The van der Waals surface area contributed by atoms with Crippen molar-refractivity contribution in [1.82, 2.24) is 14.8 Å². The van der Waals surface area contributed by atoms with Crippen LogP contribution in [0.1, 0.15) is 30.1 Å². The Morgan fingerprint density at radius 1 is 1.40 bits per heavy atom. The largest absolute Gasteiger partial charge is 0.326 e. The number of rotatable bonds is 4. The molecule has 1 atom stereocenters. The molecule has 0 spiro atoms. The summed E-state index contributed by atoms with van der Waals surface area (Å²) < 4.78 is 0. The smallest absolute Gasteiger partial charge is 0.254 e. The van der Waals surface area contributed by atoms with Gasteiger partial charge in [-0.3, -0.25) is 24.3 Å². The number of pyridine rings is 1. The molecule has 0 unspecified atom stereocenters. The highest BCUT2D eigenvalue weighted by atomic mass is 16.2. The second kappa shape index (κ2) is 5.81. The lowest BCUT2D eigenvalue weighted by Gasteiger charge is -2.26. The minimum Gasteiger partial charge on any atom is -0.326 e. The molecule has 1 aliphatic rings. The monoisotopic (exact) mass is 275 g/mol. The number of carbonyl (C=O) groups excluding carboxylic acids is 3. The third-order valence-corrected chi connectivity index (χ3v) is 3.39. The van der Waals surface area contributed by atoms with E-state index in [0.717, 1.165) is 11.3 Å². The number of carbonyl (C=O) groups is 3. The molecule has 106 valence electrons. The predicted molar refractivity (Wildman–Crippen MR) is 71.7 cm³/mol. The molecule has 6 heteroatoms. The quantitative estimate of drug-likeness (QED) is 0.758. The first kappa shape index (κ1) is 14.2.